The van der Waals surface area contributed by atoms with Gasteiger partial charge in [-0.3, -0.25) is 0 Å². The Kier molecular flexibility index (Phi) is 1.24. The molecule has 0 fully saturated rings. The number of thiazole rings is 1. The standard InChI is InChI=1S/C6H8NOS/c1-2-8-3-6-4-9-5-7(1)6/h4-5H,1-3H2/q+1. The van der Waals surface area contributed by atoms with Gasteiger partial charge in [-0.2, -0.15) is 4.57 Å². The van der Waals surface area contributed by atoms with Gasteiger partial charge in [0.1, 0.15) is 13.2 Å². The molecule has 1 aliphatic rings. The van der Waals surface area contributed by atoms with E-state index in [9.17, 15) is 0 Å². The van der Waals surface area contributed by atoms with E-state index in [-0.39, 0.29) is 0 Å². The van der Waals surface area contributed by atoms with Crippen LogP contribution in [0.25, 0.3) is 0 Å². The minimum atomic E-state index is 0.795. The van der Waals surface area contributed by atoms with E-state index in [2.05, 4.69) is 15.5 Å². The third-order valence-corrected chi connectivity index (χ3v) is 2.27. The number of aromatic nitrogens is 1. The predicted molar refractivity (Wildman–Crippen MR) is 34.2 cm³/mol. The lowest BCUT2D eigenvalue weighted by molar-refractivity contribution is -0.712. The fourth-order valence-corrected chi connectivity index (χ4v) is 1.78. The molecule has 2 heterocycles. The van der Waals surface area contributed by atoms with E-state index >= 15 is 0 Å². The highest BCUT2D eigenvalue weighted by Gasteiger charge is 2.15. The molecule has 0 saturated carbocycles. The summed E-state index contributed by atoms with van der Waals surface area (Å²) in [5.41, 5.74) is 3.45. The van der Waals surface area contributed by atoms with Gasteiger partial charge in [-0.1, -0.05) is 11.3 Å². The first kappa shape index (κ1) is 5.38. The van der Waals surface area contributed by atoms with Crippen LogP contribution in [-0.4, -0.2) is 6.61 Å². The molecule has 9 heavy (non-hydrogen) atoms. The zero-order chi connectivity index (χ0) is 6.10. The van der Waals surface area contributed by atoms with Crippen LogP contribution in [0, 0.1) is 0 Å². The molecular formula is C6H8NOS+. The number of ether oxygens (including phenoxy) is 1. The number of fused-ring (bicyclic) bond motifs is 1. The molecule has 2 rings (SSSR count). The van der Waals surface area contributed by atoms with Crippen LogP contribution < -0.4 is 4.57 Å². The van der Waals surface area contributed by atoms with Gasteiger partial charge in [-0.25, -0.2) is 0 Å². The van der Waals surface area contributed by atoms with Crippen molar-refractivity contribution in [2.75, 3.05) is 6.61 Å². The second-order valence-electron chi connectivity index (χ2n) is 2.10. The van der Waals surface area contributed by atoms with Crippen molar-refractivity contribution in [3.63, 3.8) is 0 Å². The van der Waals surface area contributed by atoms with Gasteiger partial charge in [0, 0.05) is 0 Å². The van der Waals surface area contributed by atoms with Crippen molar-refractivity contribution in [1.82, 2.24) is 0 Å². The highest BCUT2D eigenvalue weighted by atomic mass is 32.1. The van der Waals surface area contributed by atoms with Gasteiger partial charge >= 0.3 is 0 Å². The molecule has 0 aliphatic carbocycles. The molecule has 0 unspecified atom stereocenters. The molecule has 2 nitrogen and oxygen atoms in total. The highest BCUT2D eigenvalue weighted by molar-refractivity contribution is 7.07. The van der Waals surface area contributed by atoms with Crippen LogP contribution >= 0.6 is 11.3 Å². The van der Waals surface area contributed by atoms with Crippen molar-refractivity contribution in [3.8, 4) is 0 Å². The van der Waals surface area contributed by atoms with E-state index in [1.807, 2.05) is 0 Å². The summed E-state index contributed by atoms with van der Waals surface area (Å²) in [7, 11) is 0. The summed E-state index contributed by atoms with van der Waals surface area (Å²) in [4.78, 5) is 0. The van der Waals surface area contributed by atoms with E-state index in [4.69, 9.17) is 4.74 Å². The molecule has 0 N–H and O–H groups in total. The summed E-state index contributed by atoms with van der Waals surface area (Å²) in [6.45, 7) is 2.69. The lowest BCUT2D eigenvalue weighted by Gasteiger charge is -2.04. The minimum absolute atomic E-state index is 0.795. The van der Waals surface area contributed by atoms with Crippen LogP contribution in [0.4, 0.5) is 0 Å². The Hall–Kier alpha value is -0.410. The average Bonchev–Trinajstić information content (AvgIpc) is 2.33. The van der Waals surface area contributed by atoms with Gasteiger partial charge in [0.05, 0.1) is 5.38 Å². The number of rotatable bonds is 0. The zero-order valence-electron chi connectivity index (χ0n) is 5.04. The van der Waals surface area contributed by atoms with Crippen molar-refractivity contribution in [2.24, 2.45) is 0 Å². The van der Waals surface area contributed by atoms with E-state index in [1.54, 1.807) is 11.3 Å². The third kappa shape index (κ3) is 0.862. The smallest absolute Gasteiger partial charge is 0.225 e. The molecule has 1 aromatic rings. The maximum Gasteiger partial charge on any atom is 0.225 e. The first-order valence-electron chi connectivity index (χ1n) is 2.99. The van der Waals surface area contributed by atoms with Crippen molar-refractivity contribution in [2.45, 2.75) is 13.2 Å². The largest absolute Gasteiger partial charge is 0.364 e. The number of hydrogen-bond acceptors (Lipinski definition) is 2. The molecule has 0 atom stereocenters. The molecule has 0 aromatic carbocycles. The van der Waals surface area contributed by atoms with Gasteiger partial charge in [0.2, 0.25) is 11.2 Å². The molecule has 0 saturated heterocycles. The van der Waals surface area contributed by atoms with Crippen molar-refractivity contribution < 1.29 is 9.30 Å². The maximum atomic E-state index is 5.24. The van der Waals surface area contributed by atoms with E-state index in [0.717, 1.165) is 19.8 Å². The Morgan fingerprint density at radius 2 is 2.67 bits per heavy atom. The fraction of sp³-hybridized carbons (Fsp3) is 0.500. The Labute approximate surface area is 57.7 Å². The molecule has 0 radical (unpaired) electrons. The molecule has 0 bridgehead atoms. The van der Waals surface area contributed by atoms with Gasteiger partial charge in [-0.05, 0) is 0 Å². The second-order valence-corrected chi connectivity index (χ2v) is 2.82. The first-order valence-corrected chi connectivity index (χ1v) is 3.93. The van der Waals surface area contributed by atoms with Crippen molar-refractivity contribution >= 4 is 11.3 Å². The number of hydrogen-bond donors (Lipinski definition) is 0. The normalized spacial score (nSPS) is 17.3. The summed E-state index contributed by atoms with van der Waals surface area (Å²) in [6.07, 6.45) is 0. The summed E-state index contributed by atoms with van der Waals surface area (Å²) >= 11 is 1.74. The Morgan fingerprint density at radius 1 is 1.67 bits per heavy atom. The monoisotopic (exact) mass is 142 g/mol. The van der Waals surface area contributed by atoms with Crippen molar-refractivity contribution in [1.29, 1.82) is 0 Å². The fourth-order valence-electron chi connectivity index (χ4n) is 0.971. The third-order valence-electron chi connectivity index (χ3n) is 1.49. The molecular weight excluding hydrogens is 134 g/mol. The van der Waals surface area contributed by atoms with Gasteiger partial charge < -0.3 is 4.74 Å². The molecule has 3 heteroatoms. The lowest BCUT2D eigenvalue weighted by atomic mass is 10.4. The molecule has 48 valence electrons. The van der Waals surface area contributed by atoms with Crippen molar-refractivity contribution in [3.05, 3.63) is 16.6 Å². The minimum Gasteiger partial charge on any atom is -0.364 e. The number of nitrogens with zero attached hydrogens (tertiary/aromatic N) is 1. The molecule has 1 aromatic heterocycles. The predicted octanol–water partition coefficient (Wildman–Crippen LogP) is 0.566. The second kappa shape index (κ2) is 2.08. The molecule has 0 amide bonds. The highest BCUT2D eigenvalue weighted by Crippen LogP contribution is 2.04. The van der Waals surface area contributed by atoms with Crippen LogP contribution in [0.2, 0.25) is 0 Å². The van der Waals surface area contributed by atoms with Crippen LogP contribution in [-0.2, 0) is 17.9 Å². The summed E-state index contributed by atoms with van der Waals surface area (Å²) in [5, 5.41) is 2.14. The van der Waals surface area contributed by atoms with Crippen LogP contribution in [0.5, 0.6) is 0 Å². The Morgan fingerprint density at radius 3 is 3.56 bits per heavy atom. The van der Waals surface area contributed by atoms with E-state index in [0.29, 0.717) is 0 Å². The summed E-state index contributed by atoms with van der Waals surface area (Å²) < 4.78 is 7.48. The lowest BCUT2D eigenvalue weighted by Crippen LogP contribution is -2.41. The molecule has 0 spiro atoms. The molecule has 1 aliphatic heterocycles. The van der Waals surface area contributed by atoms with Gasteiger partial charge in [0.15, 0.2) is 6.54 Å². The van der Waals surface area contributed by atoms with Crippen LogP contribution in [0.15, 0.2) is 10.9 Å². The van der Waals surface area contributed by atoms with Crippen LogP contribution in [0.1, 0.15) is 5.69 Å². The van der Waals surface area contributed by atoms with Crippen LogP contribution in [0.3, 0.4) is 0 Å². The van der Waals surface area contributed by atoms with Gasteiger partial charge in [-0.15, -0.1) is 0 Å². The van der Waals surface area contributed by atoms with Gasteiger partial charge in [0.25, 0.3) is 0 Å². The summed E-state index contributed by atoms with van der Waals surface area (Å²) in [6, 6.07) is 0. The van der Waals surface area contributed by atoms with E-state index in [1.165, 1.54) is 5.69 Å². The van der Waals surface area contributed by atoms with E-state index < -0.39 is 0 Å². The maximum absolute atomic E-state index is 5.24. The SMILES string of the molecule is c1sc[n+]2c1COCC2. The first-order chi connectivity index (χ1) is 4.47. The summed E-state index contributed by atoms with van der Waals surface area (Å²) in [5.74, 6) is 0. The quantitative estimate of drug-likeness (QED) is 0.482. The average molecular weight is 142 g/mol. The topological polar surface area (TPSA) is 13.1 Å². The Bertz CT molecular complexity index is 188. The Balaban J connectivity index is 2.39. The zero-order valence-corrected chi connectivity index (χ0v) is 5.86.